The Hall–Kier alpha value is -1.64. The Labute approximate surface area is 134 Å². The SMILES string of the molecule is Cc1ccccc1CN1CC(C)NCC1Cc1ccccc1. The highest BCUT2D eigenvalue weighted by molar-refractivity contribution is 5.26. The predicted molar refractivity (Wildman–Crippen MR) is 93.0 cm³/mol. The lowest BCUT2D eigenvalue weighted by Gasteiger charge is -2.40. The first-order valence-corrected chi connectivity index (χ1v) is 8.28. The zero-order valence-corrected chi connectivity index (χ0v) is 13.6. The molecule has 2 aromatic rings. The number of benzene rings is 2. The number of hydrogen-bond donors (Lipinski definition) is 1. The Bertz CT molecular complexity index is 594. The number of hydrogen-bond acceptors (Lipinski definition) is 2. The normalized spacial score (nSPS) is 22.6. The van der Waals surface area contributed by atoms with Crippen molar-refractivity contribution < 1.29 is 0 Å². The zero-order chi connectivity index (χ0) is 15.4. The van der Waals surface area contributed by atoms with Gasteiger partial charge in [-0.3, -0.25) is 4.90 Å². The average Bonchev–Trinajstić information content (AvgIpc) is 2.53. The van der Waals surface area contributed by atoms with Gasteiger partial charge in [-0.15, -0.1) is 0 Å². The van der Waals surface area contributed by atoms with Crippen LogP contribution in [0.2, 0.25) is 0 Å². The number of piperazine rings is 1. The maximum absolute atomic E-state index is 3.64. The second-order valence-electron chi connectivity index (χ2n) is 6.51. The van der Waals surface area contributed by atoms with Crippen LogP contribution in [0.15, 0.2) is 54.6 Å². The molecule has 0 aromatic heterocycles. The summed E-state index contributed by atoms with van der Waals surface area (Å²) in [5, 5.41) is 3.64. The maximum atomic E-state index is 3.64. The van der Waals surface area contributed by atoms with Crippen LogP contribution in [0.1, 0.15) is 23.6 Å². The van der Waals surface area contributed by atoms with Gasteiger partial charge in [0.2, 0.25) is 0 Å². The maximum Gasteiger partial charge on any atom is 0.0265 e. The summed E-state index contributed by atoms with van der Waals surface area (Å²) in [5.41, 5.74) is 4.28. The molecule has 1 aliphatic heterocycles. The molecule has 22 heavy (non-hydrogen) atoms. The second-order valence-corrected chi connectivity index (χ2v) is 6.51. The molecule has 1 saturated heterocycles. The third kappa shape index (κ3) is 3.76. The minimum Gasteiger partial charge on any atom is -0.311 e. The first-order valence-electron chi connectivity index (χ1n) is 8.28. The standard InChI is InChI=1S/C20H26N2/c1-16-8-6-7-11-19(16)15-22-14-17(2)21-13-20(22)12-18-9-4-3-5-10-18/h3-11,17,20-21H,12-15H2,1-2H3. The number of nitrogens with zero attached hydrogens (tertiary/aromatic N) is 1. The van der Waals surface area contributed by atoms with Crippen LogP contribution >= 0.6 is 0 Å². The lowest BCUT2D eigenvalue weighted by Crippen LogP contribution is -2.55. The summed E-state index contributed by atoms with van der Waals surface area (Å²) in [7, 11) is 0. The van der Waals surface area contributed by atoms with Crippen LogP contribution in [0.25, 0.3) is 0 Å². The van der Waals surface area contributed by atoms with Crippen molar-refractivity contribution in [1.29, 1.82) is 0 Å². The van der Waals surface area contributed by atoms with E-state index < -0.39 is 0 Å². The van der Waals surface area contributed by atoms with Gasteiger partial charge in [0, 0.05) is 31.7 Å². The summed E-state index contributed by atoms with van der Waals surface area (Å²) in [6.07, 6.45) is 1.12. The summed E-state index contributed by atoms with van der Waals surface area (Å²) in [6.45, 7) is 7.74. The Morgan fingerprint density at radius 3 is 2.55 bits per heavy atom. The second kappa shape index (κ2) is 7.08. The van der Waals surface area contributed by atoms with Gasteiger partial charge in [0.25, 0.3) is 0 Å². The molecule has 2 nitrogen and oxygen atoms in total. The molecule has 0 bridgehead atoms. The molecule has 0 aliphatic carbocycles. The molecule has 1 fully saturated rings. The zero-order valence-electron chi connectivity index (χ0n) is 13.6. The van der Waals surface area contributed by atoms with Crippen LogP contribution in [-0.2, 0) is 13.0 Å². The quantitative estimate of drug-likeness (QED) is 0.930. The van der Waals surface area contributed by atoms with Crippen molar-refractivity contribution in [2.75, 3.05) is 13.1 Å². The van der Waals surface area contributed by atoms with Crippen LogP contribution in [0.3, 0.4) is 0 Å². The predicted octanol–water partition coefficient (Wildman–Crippen LogP) is 3.40. The Balaban J connectivity index is 1.74. The molecule has 2 heteroatoms. The minimum atomic E-state index is 0.566. The van der Waals surface area contributed by atoms with Crippen LogP contribution in [0.5, 0.6) is 0 Å². The summed E-state index contributed by atoms with van der Waals surface area (Å²) in [4.78, 5) is 2.65. The van der Waals surface area contributed by atoms with Crippen molar-refractivity contribution in [3.05, 3.63) is 71.3 Å². The molecule has 2 unspecified atom stereocenters. The highest BCUT2D eigenvalue weighted by Gasteiger charge is 2.26. The van der Waals surface area contributed by atoms with Gasteiger partial charge in [-0.2, -0.15) is 0 Å². The van der Waals surface area contributed by atoms with Crippen LogP contribution in [0, 0.1) is 6.92 Å². The molecule has 2 atom stereocenters. The number of rotatable bonds is 4. The molecule has 116 valence electrons. The van der Waals surface area contributed by atoms with Crippen molar-refractivity contribution in [3.63, 3.8) is 0 Å². The lowest BCUT2D eigenvalue weighted by atomic mass is 9.99. The van der Waals surface area contributed by atoms with Crippen LogP contribution in [0.4, 0.5) is 0 Å². The molecule has 0 radical (unpaired) electrons. The van der Waals surface area contributed by atoms with Gasteiger partial charge >= 0.3 is 0 Å². The molecule has 1 heterocycles. The largest absolute Gasteiger partial charge is 0.311 e. The fraction of sp³-hybridized carbons (Fsp3) is 0.400. The minimum absolute atomic E-state index is 0.566. The molecule has 0 saturated carbocycles. The Kier molecular flexibility index (Phi) is 4.91. The monoisotopic (exact) mass is 294 g/mol. The van der Waals surface area contributed by atoms with Gasteiger partial charge < -0.3 is 5.32 Å². The van der Waals surface area contributed by atoms with Crippen molar-refractivity contribution in [3.8, 4) is 0 Å². The first-order chi connectivity index (χ1) is 10.7. The van der Waals surface area contributed by atoms with Crippen molar-refractivity contribution in [2.45, 2.75) is 38.9 Å². The topological polar surface area (TPSA) is 15.3 Å². The van der Waals surface area contributed by atoms with E-state index in [0.29, 0.717) is 12.1 Å². The summed E-state index contributed by atoms with van der Waals surface area (Å²) < 4.78 is 0. The summed E-state index contributed by atoms with van der Waals surface area (Å²) in [6, 6.07) is 20.7. The van der Waals surface area contributed by atoms with E-state index in [1.807, 2.05) is 0 Å². The van der Waals surface area contributed by atoms with Crippen molar-refractivity contribution in [1.82, 2.24) is 10.2 Å². The van der Waals surface area contributed by atoms with Gasteiger partial charge in [0.05, 0.1) is 0 Å². The first kappa shape index (κ1) is 15.3. The molecule has 1 aliphatic rings. The van der Waals surface area contributed by atoms with Gasteiger partial charge in [0.1, 0.15) is 0 Å². The molecular weight excluding hydrogens is 268 g/mol. The number of nitrogens with one attached hydrogen (secondary N) is 1. The van der Waals surface area contributed by atoms with E-state index in [0.717, 1.165) is 26.1 Å². The third-order valence-corrected chi connectivity index (χ3v) is 4.68. The van der Waals surface area contributed by atoms with Crippen LogP contribution < -0.4 is 5.32 Å². The fourth-order valence-electron chi connectivity index (χ4n) is 3.32. The van der Waals surface area contributed by atoms with E-state index >= 15 is 0 Å². The van der Waals surface area contributed by atoms with Crippen LogP contribution in [-0.4, -0.2) is 30.1 Å². The summed E-state index contributed by atoms with van der Waals surface area (Å²) in [5.74, 6) is 0. The van der Waals surface area contributed by atoms with E-state index in [9.17, 15) is 0 Å². The molecular formula is C20H26N2. The van der Waals surface area contributed by atoms with Gasteiger partial charge in [-0.25, -0.2) is 0 Å². The van der Waals surface area contributed by atoms with Crippen molar-refractivity contribution in [2.24, 2.45) is 0 Å². The van der Waals surface area contributed by atoms with Gasteiger partial charge in [-0.1, -0.05) is 54.6 Å². The molecule has 0 amide bonds. The lowest BCUT2D eigenvalue weighted by molar-refractivity contribution is 0.126. The Morgan fingerprint density at radius 2 is 1.77 bits per heavy atom. The Morgan fingerprint density at radius 1 is 1.05 bits per heavy atom. The van der Waals surface area contributed by atoms with E-state index in [-0.39, 0.29) is 0 Å². The molecule has 2 aromatic carbocycles. The number of aryl methyl sites for hydroxylation is 1. The van der Waals surface area contributed by atoms with Gasteiger partial charge in [-0.05, 0) is 37.0 Å². The molecule has 1 N–H and O–H groups in total. The van der Waals surface area contributed by atoms with E-state index in [4.69, 9.17) is 0 Å². The van der Waals surface area contributed by atoms with E-state index in [1.165, 1.54) is 16.7 Å². The van der Waals surface area contributed by atoms with E-state index in [1.54, 1.807) is 0 Å². The average molecular weight is 294 g/mol. The smallest absolute Gasteiger partial charge is 0.0265 e. The molecule has 3 rings (SSSR count). The fourth-order valence-corrected chi connectivity index (χ4v) is 3.32. The van der Waals surface area contributed by atoms with Crippen molar-refractivity contribution >= 4 is 0 Å². The van der Waals surface area contributed by atoms with Gasteiger partial charge in [0.15, 0.2) is 0 Å². The highest BCUT2D eigenvalue weighted by Crippen LogP contribution is 2.18. The summed E-state index contributed by atoms with van der Waals surface area (Å²) >= 11 is 0. The third-order valence-electron chi connectivity index (χ3n) is 4.68. The molecule has 0 spiro atoms. The highest BCUT2D eigenvalue weighted by atomic mass is 15.2. The van der Waals surface area contributed by atoms with E-state index in [2.05, 4.69) is 78.7 Å².